The lowest BCUT2D eigenvalue weighted by atomic mass is 10.00. The molecule has 0 amide bonds. The maximum Gasteiger partial charge on any atom is 0.0900 e. The Bertz CT molecular complexity index is 379. The topological polar surface area (TPSA) is 41.9 Å². The van der Waals surface area contributed by atoms with Crippen molar-refractivity contribution >= 4 is 0 Å². The lowest BCUT2D eigenvalue weighted by Crippen LogP contribution is -2.36. The number of benzene rings is 1. The predicted molar refractivity (Wildman–Crippen MR) is 83.1 cm³/mol. The fraction of sp³-hybridized carbons (Fsp3) is 0.647. The van der Waals surface area contributed by atoms with Gasteiger partial charge in [0, 0.05) is 26.3 Å². The van der Waals surface area contributed by atoms with E-state index in [9.17, 15) is 5.11 Å². The zero-order valence-corrected chi connectivity index (χ0v) is 12.9. The number of rotatable bonds is 8. The molecular weight excluding hydrogens is 266 g/mol. The first-order valence-corrected chi connectivity index (χ1v) is 7.80. The molecule has 1 aromatic carbocycles. The quantitative estimate of drug-likeness (QED) is 0.795. The van der Waals surface area contributed by atoms with Crippen LogP contribution in [-0.4, -0.2) is 56.1 Å². The molecule has 1 fully saturated rings. The highest BCUT2D eigenvalue weighted by Crippen LogP contribution is 2.15. The molecule has 0 spiro atoms. The van der Waals surface area contributed by atoms with Gasteiger partial charge in [-0.15, -0.1) is 0 Å². The normalized spacial score (nSPS) is 18.0. The zero-order chi connectivity index (χ0) is 14.9. The molecule has 0 aliphatic carbocycles. The number of aliphatic hydroxyl groups is 1. The third kappa shape index (κ3) is 6.57. The fourth-order valence-corrected chi connectivity index (χ4v) is 2.74. The summed E-state index contributed by atoms with van der Waals surface area (Å²) in [6.07, 6.45) is 1.83. The smallest absolute Gasteiger partial charge is 0.0900 e. The van der Waals surface area contributed by atoms with E-state index in [2.05, 4.69) is 11.9 Å². The molecule has 1 N–H and O–H groups in total. The predicted octanol–water partition coefficient (Wildman–Crippen LogP) is 1.92. The van der Waals surface area contributed by atoms with Crippen LogP contribution in [0.25, 0.3) is 0 Å². The molecule has 1 aliphatic rings. The van der Waals surface area contributed by atoms with E-state index >= 15 is 0 Å². The number of hydrogen-bond donors (Lipinski definition) is 1. The minimum atomic E-state index is -0.432. The van der Waals surface area contributed by atoms with Gasteiger partial charge in [0.05, 0.1) is 19.3 Å². The molecule has 1 unspecified atom stereocenters. The number of hydrogen-bond acceptors (Lipinski definition) is 4. The van der Waals surface area contributed by atoms with E-state index in [1.165, 1.54) is 0 Å². The Labute approximate surface area is 127 Å². The molecule has 118 valence electrons. The third-order valence-corrected chi connectivity index (χ3v) is 3.85. The number of aliphatic hydroxyl groups excluding tert-OH is 1. The first-order valence-electron chi connectivity index (χ1n) is 7.80. The maximum absolute atomic E-state index is 10.0. The summed E-state index contributed by atoms with van der Waals surface area (Å²) in [5.41, 5.74) is 1.14. The molecule has 1 heterocycles. The molecule has 21 heavy (non-hydrogen) atoms. The van der Waals surface area contributed by atoms with Crippen LogP contribution in [0.3, 0.4) is 0 Å². The molecule has 2 rings (SSSR count). The highest BCUT2D eigenvalue weighted by atomic mass is 16.5. The molecule has 4 nitrogen and oxygen atoms in total. The van der Waals surface area contributed by atoms with E-state index in [0.717, 1.165) is 38.2 Å². The Balaban J connectivity index is 1.58. The standard InChI is InChI=1S/C17H27NO3/c1-18(11-15-7-9-20-10-8-15)12-17(19)14-21-13-16-5-3-2-4-6-16/h2-6,15,17,19H,7-14H2,1H3. The Morgan fingerprint density at radius 1 is 1.29 bits per heavy atom. The summed E-state index contributed by atoms with van der Waals surface area (Å²) in [4.78, 5) is 2.20. The van der Waals surface area contributed by atoms with Crippen molar-refractivity contribution in [3.8, 4) is 0 Å². The van der Waals surface area contributed by atoms with Crippen molar-refractivity contribution in [1.29, 1.82) is 0 Å². The second-order valence-corrected chi connectivity index (χ2v) is 5.93. The van der Waals surface area contributed by atoms with Crippen molar-refractivity contribution in [2.45, 2.75) is 25.6 Å². The largest absolute Gasteiger partial charge is 0.389 e. The van der Waals surface area contributed by atoms with E-state index in [0.29, 0.717) is 25.7 Å². The average molecular weight is 293 g/mol. The first-order chi connectivity index (χ1) is 10.2. The summed E-state index contributed by atoms with van der Waals surface area (Å²) in [6, 6.07) is 10.0. The van der Waals surface area contributed by atoms with Gasteiger partial charge in [-0.3, -0.25) is 0 Å². The highest BCUT2D eigenvalue weighted by molar-refractivity contribution is 5.13. The van der Waals surface area contributed by atoms with Crippen LogP contribution in [0, 0.1) is 5.92 Å². The van der Waals surface area contributed by atoms with Crippen LogP contribution in [0.5, 0.6) is 0 Å². The van der Waals surface area contributed by atoms with Crippen LogP contribution in [-0.2, 0) is 16.1 Å². The fourth-order valence-electron chi connectivity index (χ4n) is 2.74. The average Bonchev–Trinajstić information content (AvgIpc) is 2.49. The minimum Gasteiger partial charge on any atom is -0.389 e. The first kappa shape index (κ1) is 16.4. The van der Waals surface area contributed by atoms with E-state index in [-0.39, 0.29) is 0 Å². The Morgan fingerprint density at radius 3 is 2.71 bits per heavy atom. The second-order valence-electron chi connectivity index (χ2n) is 5.93. The van der Waals surface area contributed by atoms with Crippen LogP contribution < -0.4 is 0 Å². The van der Waals surface area contributed by atoms with Gasteiger partial charge in [-0.25, -0.2) is 0 Å². The van der Waals surface area contributed by atoms with E-state index < -0.39 is 6.10 Å². The summed E-state index contributed by atoms with van der Waals surface area (Å²) >= 11 is 0. The molecule has 0 aromatic heterocycles. The molecule has 1 saturated heterocycles. The second kappa shape index (κ2) is 9.15. The molecule has 1 aliphatic heterocycles. The molecule has 1 aromatic rings. The van der Waals surface area contributed by atoms with Gasteiger partial charge in [0.15, 0.2) is 0 Å². The van der Waals surface area contributed by atoms with E-state index in [1.54, 1.807) is 0 Å². The lowest BCUT2D eigenvalue weighted by molar-refractivity contribution is 0.00613. The number of nitrogens with zero attached hydrogens (tertiary/aromatic N) is 1. The van der Waals surface area contributed by atoms with Crippen LogP contribution in [0.15, 0.2) is 30.3 Å². The summed E-state index contributed by atoms with van der Waals surface area (Å²) < 4.78 is 10.9. The lowest BCUT2D eigenvalue weighted by Gasteiger charge is -2.28. The van der Waals surface area contributed by atoms with Gasteiger partial charge in [0.2, 0.25) is 0 Å². The molecule has 0 bridgehead atoms. The van der Waals surface area contributed by atoms with Crippen molar-refractivity contribution in [3.63, 3.8) is 0 Å². The number of ether oxygens (including phenoxy) is 2. The molecule has 0 radical (unpaired) electrons. The van der Waals surface area contributed by atoms with Crippen molar-refractivity contribution < 1.29 is 14.6 Å². The molecule has 0 saturated carbocycles. The van der Waals surface area contributed by atoms with Crippen LogP contribution >= 0.6 is 0 Å². The van der Waals surface area contributed by atoms with Gasteiger partial charge in [0.25, 0.3) is 0 Å². The minimum absolute atomic E-state index is 0.382. The summed E-state index contributed by atoms with van der Waals surface area (Å²) in [5.74, 6) is 0.696. The third-order valence-electron chi connectivity index (χ3n) is 3.85. The van der Waals surface area contributed by atoms with Crippen molar-refractivity contribution in [1.82, 2.24) is 4.90 Å². The summed E-state index contributed by atoms with van der Waals surface area (Å²) in [6.45, 7) is 4.38. The Hall–Kier alpha value is -0.940. The van der Waals surface area contributed by atoms with E-state index in [4.69, 9.17) is 9.47 Å². The summed E-state index contributed by atoms with van der Waals surface area (Å²) in [7, 11) is 2.07. The summed E-state index contributed by atoms with van der Waals surface area (Å²) in [5, 5.41) is 10.0. The highest BCUT2D eigenvalue weighted by Gasteiger charge is 2.17. The van der Waals surface area contributed by atoms with Gasteiger partial charge in [0.1, 0.15) is 0 Å². The van der Waals surface area contributed by atoms with Gasteiger partial charge >= 0.3 is 0 Å². The van der Waals surface area contributed by atoms with Crippen molar-refractivity contribution in [2.24, 2.45) is 5.92 Å². The van der Waals surface area contributed by atoms with Crippen LogP contribution in [0.4, 0.5) is 0 Å². The Kier molecular flexibility index (Phi) is 7.16. The maximum atomic E-state index is 10.0. The zero-order valence-electron chi connectivity index (χ0n) is 12.9. The van der Waals surface area contributed by atoms with Crippen LogP contribution in [0.1, 0.15) is 18.4 Å². The van der Waals surface area contributed by atoms with Crippen molar-refractivity contribution in [3.05, 3.63) is 35.9 Å². The molecular formula is C17H27NO3. The Morgan fingerprint density at radius 2 is 2.00 bits per heavy atom. The van der Waals surface area contributed by atoms with Gasteiger partial charge in [-0.1, -0.05) is 30.3 Å². The molecule has 4 heteroatoms. The van der Waals surface area contributed by atoms with Gasteiger partial charge in [-0.05, 0) is 31.4 Å². The van der Waals surface area contributed by atoms with Crippen LogP contribution in [0.2, 0.25) is 0 Å². The van der Waals surface area contributed by atoms with Crippen molar-refractivity contribution in [2.75, 3.05) is 40.0 Å². The van der Waals surface area contributed by atoms with Gasteiger partial charge in [-0.2, -0.15) is 0 Å². The number of likely N-dealkylation sites (N-methyl/N-ethyl adjacent to an activating group) is 1. The SMILES string of the molecule is CN(CC(O)COCc1ccccc1)CC1CCOCC1. The molecule has 1 atom stereocenters. The monoisotopic (exact) mass is 293 g/mol. The van der Waals surface area contributed by atoms with Gasteiger partial charge < -0.3 is 19.5 Å². The van der Waals surface area contributed by atoms with E-state index in [1.807, 2.05) is 30.3 Å².